The number of aryl methyl sites for hydroxylation is 1. The average Bonchev–Trinajstić information content (AvgIpc) is 3.24. The molecule has 0 spiro atoms. The van der Waals surface area contributed by atoms with E-state index >= 15 is 0 Å². The van der Waals surface area contributed by atoms with E-state index in [4.69, 9.17) is 0 Å². The zero-order valence-electron chi connectivity index (χ0n) is 13.6. The highest BCUT2D eigenvalue weighted by Crippen LogP contribution is 2.26. The van der Waals surface area contributed by atoms with Crippen LogP contribution in [0.1, 0.15) is 42.0 Å². The molecule has 0 aromatic carbocycles. The molecule has 2 heterocycles. The summed E-state index contributed by atoms with van der Waals surface area (Å²) in [5, 5.41) is 8.06. The van der Waals surface area contributed by atoms with Gasteiger partial charge in [-0.3, -0.25) is 9.89 Å². The quantitative estimate of drug-likeness (QED) is 0.659. The normalized spacial score (nSPS) is 24.1. The molecule has 122 valence electrons. The van der Waals surface area contributed by atoms with E-state index in [1.54, 1.807) is 11.3 Å². The number of thiazole rings is 1. The summed E-state index contributed by atoms with van der Waals surface area (Å²) in [5.41, 5.74) is 0. The lowest BCUT2D eigenvalue weighted by Crippen LogP contribution is -2.45. The highest BCUT2D eigenvalue weighted by Gasteiger charge is 2.30. The van der Waals surface area contributed by atoms with E-state index in [0.29, 0.717) is 6.04 Å². The Kier molecular flexibility index (Phi) is 5.31. The Labute approximate surface area is 137 Å². The lowest BCUT2D eigenvalue weighted by atomic mass is 10.2. The van der Waals surface area contributed by atoms with Crippen LogP contribution in [0.4, 0.5) is 0 Å². The van der Waals surface area contributed by atoms with Crippen molar-refractivity contribution in [1.29, 1.82) is 0 Å². The molecule has 22 heavy (non-hydrogen) atoms. The van der Waals surface area contributed by atoms with Gasteiger partial charge in [-0.25, -0.2) is 4.98 Å². The number of nitrogens with zero attached hydrogens (tertiary/aromatic N) is 3. The van der Waals surface area contributed by atoms with Gasteiger partial charge in [0.15, 0.2) is 5.96 Å². The van der Waals surface area contributed by atoms with Gasteiger partial charge in [-0.1, -0.05) is 12.8 Å². The first-order valence-corrected chi connectivity index (χ1v) is 9.19. The van der Waals surface area contributed by atoms with E-state index in [0.717, 1.165) is 30.1 Å². The Bertz CT molecular complexity index is 506. The van der Waals surface area contributed by atoms with Crippen LogP contribution in [0.25, 0.3) is 0 Å². The second-order valence-corrected chi connectivity index (χ2v) is 7.67. The minimum Gasteiger partial charge on any atom is -0.352 e. The fourth-order valence-corrected chi connectivity index (χ4v) is 4.26. The van der Waals surface area contributed by atoms with Gasteiger partial charge in [0.05, 0.1) is 6.54 Å². The topological polar surface area (TPSA) is 52.6 Å². The maximum absolute atomic E-state index is 4.38. The molecule has 1 saturated heterocycles. The molecular weight excluding hydrogens is 294 g/mol. The Balaban J connectivity index is 1.44. The van der Waals surface area contributed by atoms with Crippen molar-refractivity contribution < 1.29 is 0 Å². The molecule has 2 N–H and O–H groups in total. The summed E-state index contributed by atoms with van der Waals surface area (Å²) >= 11 is 1.74. The maximum atomic E-state index is 4.38. The molecule has 0 amide bonds. The molecule has 3 rings (SSSR count). The monoisotopic (exact) mass is 321 g/mol. The molecule has 1 atom stereocenters. The molecule has 1 aromatic rings. The predicted molar refractivity (Wildman–Crippen MR) is 92.4 cm³/mol. The summed E-state index contributed by atoms with van der Waals surface area (Å²) in [6.07, 6.45) is 8.75. The van der Waals surface area contributed by atoms with E-state index in [9.17, 15) is 0 Å². The number of nitrogens with one attached hydrogen (secondary N) is 2. The first-order chi connectivity index (χ1) is 10.7. The highest BCUT2D eigenvalue weighted by atomic mass is 32.1. The van der Waals surface area contributed by atoms with Gasteiger partial charge in [0.2, 0.25) is 0 Å². The number of aromatic nitrogens is 1. The molecular formula is C16H27N5S. The smallest absolute Gasteiger partial charge is 0.191 e. The van der Waals surface area contributed by atoms with E-state index in [2.05, 4.69) is 32.4 Å². The Morgan fingerprint density at radius 3 is 2.91 bits per heavy atom. The average molecular weight is 321 g/mol. The van der Waals surface area contributed by atoms with Crippen LogP contribution in [0, 0.1) is 6.92 Å². The molecule has 2 fully saturated rings. The van der Waals surface area contributed by atoms with E-state index < -0.39 is 0 Å². The Morgan fingerprint density at radius 1 is 1.41 bits per heavy atom. The van der Waals surface area contributed by atoms with E-state index in [-0.39, 0.29) is 0 Å². The van der Waals surface area contributed by atoms with Gasteiger partial charge in [0, 0.05) is 43.3 Å². The summed E-state index contributed by atoms with van der Waals surface area (Å²) in [5.74, 6) is 0.895. The van der Waals surface area contributed by atoms with Gasteiger partial charge >= 0.3 is 0 Å². The number of hydrogen-bond donors (Lipinski definition) is 2. The fourth-order valence-electron chi connectivity index (χ4n) is 3.54. The molecule has 1 aromatic heterocycles. The van der Waals surface area contributed by atoms with Gasteiger partial charge in [-0.05, 0) is 26.2 Å². The van der Waals surface area contributed by atoms with E-state index in [1.807, 2.05) is 13.2 Å². The van der Waals surface area contributed by atoms with Gasteiger partial charge < -0.3 is 10.6 Å². The van der Waals surface area contributed by atoms with Crippen LogP contribution in [0.2, 0.25) is 0 Å². The number of likely N-dealkylation sites (tertiary alicyclic amines) is 1. The molecule has 0 radical (unpaired) electrons. The van der Waals surface area contributed by atoms with Crippen molar-refractivity contribution in [3.63, 3.8) is 0 Å². The molecule has 1 saturated carbocycles. The van der Waals surface area contributed by atoms with E-state index in [1.165, 1.54) is 43.5 Å². The van der Waals surface area contributed by atoms with Crippen molar-refractivity contribution in [3.8, 4) is 0 Å². The first kappa shape index (κ1) is 15.7. The SMILES string of the molecule is CN=C(NCc1ncc(C)s1)NC1CCN(C2CCCC2)C1. The number of guanidine groups is 1. The zero-order valence-corrected chi connectivity index (χ0v) is 14.5. The predicted octanol–water partition coefficient (Wildman–Crippen LogP) is 2.13. The maximum Gasteiger partial charge on any atom is 0.191 e. The molecule has 1 aliphatic heterocycles. The second-order valence-electron chi connectivity index (χ2n) is 6.35. The summed E-state index contributed by atoms with van der Waals surface area (Å²) in [7, 11) is 1.84. The molecule has 0 bridgehead atoms. The third kappa shape index (κ3) is 3.98. The number of hydrogen-bond acceptors (Lipinski definition) is 4. The zero-order chi connectivity index (χ0) is 15.4. The third-order valence-corrected chi connectivity index (χ3v) is 5.61. The van der Waals surface area contributed by atoms with Crippen LogP contribution in [-0.4, -0.2) is 48.1 Å². The minimum absolute atomic E-state index is 0.518. The lowest BCUT2D eigenvalue weighted by molar-refractivity contribution is 0.242. The largest absolute Gasteiger partial charge is 0.352 e. The molecule has 5 nitrogen and oxygen atoms in total. The minimum atomic E-state index is 0.518. The van der Waals surface area contributed by atoms with Crippen molar-refractivity contribution in [3.05, 3.63) is 16.1 Å². The van der Waals surface area contributed by atoms with Gasteiger partial charge in [-0.15, -0.1) is 11.3 Å². The van der Waals surface area contributed by atoms with Gasteiger partial charge in [-0.2, -0.15) is 0 Å². The van der Waals surface area contributed by atoms with Crippen LogP contribution in [-0.2, 0) is 6.54 Å². The van der Waals surface area contributed by atoms with Crippen LogP contribution in [0.15, 0.2) is 11.2 Å². The van der Waals surface area contributed by atoms with Crippen molar-refractivity contribution >= 4 is 17.3 Å². The first-order valence-electron chi connectivity index (χ1n) is 8.37. The molecule has 6 heteroatoms. The highest BCUT2D eigenvalue weighted by molar-refractivity contribution is 7.11. The second kappa shape index (κ2) is 7.42. The summed E-state index contributed by atoms with van der Waals surface area (Å²) < 4.78 is 0. The Hall–Kier alpha value is -1.14. The summed E-state index contributed by atoms with van der Waals surface area (Å²) in [6.45, 7) is 5.22. The van der Waals surface area contributed by atoms with Crippen molar-refractivity contribution in [1.82, 2.24) is 20.5 Å². The van der Waals surface area contributed by atoms with Crippen LogP contribution < -0.4 is 10.6 Å². The summed E-state index contributed by atoms with van der Waals surface area (Å²) in [4.78, 5) is 12.7. The van der Waals surface area contributed by atoms with Crippen molar-refractivity contribution in [2.24, 2.45) is 4.99 Å². The molecule has 1 aliphatic carbocycles. The van der Waals surface area contributed by atoms with Gasteiger partial charge in [0.1, 0.15) is 5.01 Å². The number of rotatable bonds is 4. The summed E-state index contributed by atoms with van der Waals surface area (Å²) in [6, 6.07) is 1.35. The molecule has 1 unspecified atom stereocenters. The van der Waals surface area contributed by atoms with Gasteiger partial charge in [0.25, 0.3) is 0 Å². The third-order valence-electron chi connectivity index (χ3n) is 4.70. The van der Waals surface area contributed by atoms with Crippen LogP contribution in [0.3, 0.4) is 0 Å². The van der Waals surface area contributed by atoms with Crippen molar-refractivity contribution in [2.45, 2.75) is 57.7 Å². The Morgan fingerprint density at radius 2 is 2.23 bits per heavy atom. The number of aliphatic imine (C=N–C) groups is 1. The standard InChI is InChI=1S/C16H27N5S/c1-12-9-18-15(22-12)10-19-16(17-2)20-13-7-8-21(11-13)14-5-3-4-6-14/h9,13-14H,3-8,10-11H2,1-2H3,(H2,17,19,20). The van der Waals surface area contributed by atoms with Crippen molar-refractivity contribution in [2.75, 3.05) is 20.1 Å². The van der Waals surface area contributed by atoms with Crippen LogP contribution in [0.5, 0.6) is 0 Å². The molecule has 2 aliphatic rings. The fraction of sp³-hybridized carbons (Fsp3) is 0.750. The lowest BCUT2D eigenvalue weighted by Gasteiger charge is -2.24. The van der Waals surface area contributed by atoms with Crippen LogP contribution >= 0.6 is 11.3 Å².